The smallest absolute Gasteiger partial charge is 0.320 e. The average molecular weight is 249 g/mol. The molecule has 1 aromatic rings. The zero-order valence-electron chi connectivity index (χ0n) is 10.6. The molecule has 0 amide bonds. The van der Waals surface area contributed by atoms with Crippen LogP contribution in [0.25, 0.3) is 0 Å². The van der Waals surface area contributed by atoms with Crippen LogP contribution in [0.3, 0.4) is 0 Å². The van der Waals surface area contributed by atoms with Gasteiger partial charge in [0.1, 0.15) is 18.4 Å². The molecule has 98 valence electrons. The Hall–Kier alpha value is -1.55. The summed E-state index contributed by atoms with van der Waals surface area (Å²) in [5.74, 6) is 0.0717. The van der Waals surface area contributed by atoms with Gasteiger partial charge < -0.3 is 9.84 Å². The fraction of sp³-hybridized carbons (Fsp3) is 0.500. The van der Waals surface area contributed by atoms with E-state index in [9.17, 15) is 9.90 Å². The Kier molecular flexibility index (Phi) is 4.20. The number of unbranched alkanes of at least 4 members (excludes halogenated alkanes) is 1. The highest BCUT2D eigenvalue weighted by atomic mass is 16.5. The van der Waals surface area contributed by atoms with Crippen LogP contribution in [0.1, 0.15) is 37.8 Å². The monoisotopic (exact) mass is 249 g/mol. The minimum absolute atomic E-state index is 0.0147. The molecule has 0 aliphatic carbocycles. The first-order valence-corrected chi connectivity index (χ1v) is 6.43. The zero-order chi connectivity index (χ0) is 13.0. The maximum Gasteiger partial charge on any atom is 0.320 e. The number of carbonyl (C=O) groups is 1. The minimum Gasteiger partial charge on any atom is -0.491 e. The number of para-hydroxylation sites is 1. The number of hydrogen-bond acceptors (Lipinski definition) is 3. The Balaban J connectivity index is 2.02. The molecule has 0 fully saturated rings. The Morgan fingerprint density at radius 3 is 3.06 bits per heavy atom. The predicted molar refractivity (Wildman–Crippen MR) is 68.8 cm³/mol. The van der Waals surface area contributed by atoms with Crippen molar-refractivity contribution >= 4 is 5.97 Å². The third kappa shape index (κ3) is 2.82. The van der Waals surface area contributed by atoms with Crippen LogP contribution in [0.15, 0.2) is 24.3 Å². The van der Waals surface area contributed by atoms with E-state index in [1.807, 2.05) is 24.3 Å². The van der Waals surface area contributed by atoms with Gasteiger partial charge in [0, 0.05) is 5.56 Å². The number of nitrogens with one attached hydrogen (secondary N) is 1. The predicted octanol–water partition coefficient (Wildman–Crippen LogP) is 2.35. The summed E-state index contributed by atoms with van der Waals surface area (Å²) in [7, 11) is 0. The number of ether oxygens (including phenoxy) is 1. The van der Waals surface area contributed by atoms with Gasteiger partial charge in [0.2, 0.25) is 0 Å². The van der Waals surface area contributed by atoms with Crippen molar-refractivity contribution in [2.75, 3.05) is 6.61 Å². The van der Waals surface area contributed by atoms with Crippen LogP contribution < -0.4 is 10.1 Å². The van der Waals surface area contributed by atoms with Crippen molar-refractivity contribution in [3.05, 3.63) is 29.8 Å². The quantitative estimate of drug-likeness (QED) is 0.812. The fourth-order valence-electron chi connectivity index (χ4n) is 2.23. The molecule has 2 atom stereocenters. The summed E-state index contributed by atoms with van der Waals surface area (Å²) in [6.45, 7) is 2.57. The molecule has 2 rings (SSSR count). The van der Waals surface area contributed by atoms with Gasteiger partial charge in [-0.05, 0) is 12.5 Å². The standard InChI is InChI=1S/C14H19NO3/c1-2-3-7-11(14(16)17)15-12-9-18-13-8-5-4-6-10(12)13/h4-6,8,11-12,15H,2-3,7,9H2,1H3,(H,16,17). The summed E-state index contributed by atoms with van der Waals surface area (Å²) in [5.41, 5.74) is 1.06. The van der Waals surface area contributed by atoms with E-state index in [4.69, 9.17) is 4.74 Å². The maximum absolute atomic E-state index is 11.2. The van der Waals surface area contributed by atoms with Gasteiger partial charge in [-0.15, -0.1) is 0 Å². The highest BCUT2D eigenvalue weighted by Crippen LogP contribution is 2.32. The SMILES string of the molecule is CCCCC(NC1COc2ccccc21)C(=O)O. The average Bonchev–Trinajstić information content (AvgIpc) is 2.77. The van der Waals surface area contributed by atoms with Crippen LogP contribution in [-0.4, -0.2) is 23.7 Å². The Morgan fingerprint density at radius 1 is 1.56 bits per heavy atom. The molecule has 2 unspecified atom stereocenters. The second-order valence-corrected chi connectivity index (χ2v) is 4.60. The molecule has 2 N–H and O–H groups in total. The topological polar surface area (TPSA) is 58.6 Å². The number of rotatable bonds is 6. The Labute approximate surface area is 107 Å². The van der Waals surface area contributed by atoms with Crippen LogP contribution in [0.4, 0.5) is 0 Å². The van der Waals surface area contributed by atoms with E-state index in [2.05, 4.69) is 12.2 Å². The van der Waals surface area contributed by atoms with Crippen LogP contribution in [-0.2, 0) is 4.79 Å². The summed E-state index contributed by atoms with van der Waals surface area (Å²) in [4.78, 5) is 11.2. The summed E-state index contributed by atoms with van der Waals surface area (Å²) >= 11 is 0. The molecule has 0 radical (unpaired) electrons. The fourth-order valence-corrected chi connectivity index (χ4v) is 2.23. The Morgan fingerprint density at radius 2 is 2.33 bits per heavy atom. The molecule has 0 bridgehead atoms. The van der Waals surface area contributed by atoms with Gasteiger partial charge >= 0.3 is 5.97 Å². The van der Waals surface area contributed by atoms with Gasteiger partial charge in [0.15, 0.2) is 0 Å². The molecule has 0 aromatic heterocycles. The van der Waals surface area contributed by atoms with Crippen LogP contribution >= 0.6 is 0 Å². The van der Waals surface area contributed by atoms with Crippen LogP contribution in [0.5, 0.6) is 5.75 Å². The largest absolute Gasteiger partial charge is 0.491 e. The number of carboxylic acids is 1. The molecular weight excluding hydrogens is 230 g/mol. The second kappa shape index (κ2) is 5.87. The van der Waals surface area contributed by atoms with Crippen LogP contribution in [0, 0.1) is 0 Å². The van der Waals surface area contributed by atoms with E-state index in [0.717, 1.165) is 24.2 Å². The number of carboxylic acid groups (broad SMARTS) is 1. The molecule has 1 heterocycles. The normalized spacial score (nSPS) is 19.1. The third-order valence-electron chi connectivity index (χ3n) is 3.25. The zero-order valence-corrected chi connectivity index (χ0v) is 10.6. The van der Waals surface area contributed by atoms with Crippen molar-refractivity contribution in [2.45, 2.75) is 38.3 Å². The lowest BCUT2D eigenvalue weighted by molar-refractivity contribution is -0.140. The molecular formula is C14H19NO3. The van der Waals surface area contributed by atoms with Crippen molar-refractivity contribution in [1.82, 2.24) is 5.32 Å². The van der Waals surface area contributed by atoms with Gasteiger partial charge in [-0.2, -0.15) is 0 Å². The first kappa shape index (κ1) is 12.9. The van der Waals surface area contributed by atoms with Gasteiger partial charge in [-0.3, -0.25) is 10.1 Å². The van der Waals surface area contributed by atoms with Gasteiger partial charge in [-0.1, -0.05) is 38.0 Å². The molecule has 0 saturated carbocycles. The number of benzene rings is 1. The van der Waals surface area contributed by atoms with E-state index >= 15 is 0 Å². The minimum atomic E-state index is -0.784. The molecule has 1 aromatic carbocycles. The van der Waals surface area contributed by atoms with Gasteiger partial charge in [-0.25, -0.2) is 0 Å². The van der Waals surface area contributed by atoms with Crippen molar-refractivity contribution < 1.29 is 14.6 Å². The third-order valence-corrected chi connectivity index (χ3v) is 3.25. The van der Waals surface area contributed by atoms with E-state index < -0.39 is 12.0 Å². The van der Waals surface area contributed by atoms with Crippen molar-refractivity contribution in [1.29, 1.82) is 0 Å². The summed E-state index contributed by atoms with van der Waals surface area (Å²) in [5, 5.41) is 12.4. The number of fused-ring (bicyclic) bond motifs is 1. The lowest BCUT2D eigenvalue weighted by atomic mass is 10.1. The van der Waals surface area contributed by atoms with Crippen LogP contribution in [0.2, 0.25) is 0 Å². The molecule has 0 saturated heterocycles. The molecule has 1 aliphatic rings. The Bertz CT molecular complexity index is 419. The van der Waals surface area contributed by atoms with E-state index in [1.54, 1.807) is 0 Å². The second-order valence-electron chi connectivity index (χ2n) is 4.60. The van der Waals surface area contributed by atoms with Gasteiger partial charge in [0.05, 0.1) is 6.04 Å². The summed E-state index contributed by atoms with van der Waals surface area (Å²) in [6.07, 6.45) is 2.58. The molecule has 18 heavy (non-hydrogen) atoms. The van der Waals surface area contributed by atoms with E-state index in [-0.39, 0.29) is 6.04 Å². The maximum atomic E-state index is 11.2. The lowest BCUT2D eigenvalue weighted by Gasteiger charge is -2.18. The van der Waals surface area contributed by atoms with Crippen molar-refractivity contribution in [2.24, 2.45) is 0 Å². The number of hydrogen-bond donors (Lipinski definition) is 2. The molecule has 0 spiro atoms. The summed E-state index contributed by atoms with van der Waals surface area (Å²) < 4.78 is 5.54. The lowest BCUT2D eigenvalue weighted by Crippen LogP contribution is -2.39. The first-order chi connectivity index (χ1) is 8.72. The summed E-state index contributed by atoms with van der Waals surface area (Å²) in [6, 6.07) is 7.26. The molecule has 4 nitrogen and oxygen atoms in total. The van der Waals surface area contributed by atoms with Gasteiger partial charge in [0.25, 0.3) is 0 Å². The number of aliphatic carboxylic acids is 1. The molecule has 4 heteroatoms. The highest BCUT2D eigenvalue weighted by Gasteiger charge is 2.28. The molecule has 1 aliphatic heterocycles. The van der Waals surface area contributed by atoms with E-state index in [1.165, 1.54) is 0 Å². The van der Waals surface area contributed by atoms with Crippen molar-refractivity contribution in [3.8, 4) is 5.75 Å². The van der Waals surface area contributed by atoms with Crippen molar-refractivity contribution in [3.63, 3.8) is 0 Å². The van der Waals surface area contributed by atoms with E-state index in [0.29, 0.717) is 13.0 Å². The highest BCUT2D eigenvalue weighted by molar-refractivity contribution is 5.73. The first-order valence-electron chi connectivity index (χ1n) is 6.43.